The SMILES string of the molecule is CCc1ccccc1C1(C#N)CCC1. The third kappa shape index (κ3) is 1.23. The van der Waals surface area contributed by atoms with Crippen molar-refractivity contribution in [2.75, 3.05) is 0 Å². The van der Waals surface area contributed by atoms with Crippen LogP contribution in [-0.2, 0) is 11.8 Å². The third-order valence-electron chi connectivity index (χ3n) is 3.33. The van der Waals surface area contributed by atoms with E-state index < -0.39 is 0 Å². The molecule has 14 heavy (non-hydrogen) atoms. The molecule has 0 N–H and O–H groups in total. The number of rotatable bonds is 2. The molecule has 0 saturated heterocycles. The lowest BCUT2D eigenvalue weighted by molar-refractivity contribution is 0.322. The van der Waals surface area contributed by atoms with Crippen molar-refractivity contribution in [3.05, 3.63) is 35.4 Å². The van der Waals surface area contributed by atoms with E-state index in [1.165, 1.54) is 17.5 Å². The zero-order valence-corrected chi connectivity index (χ0v) is 8.59. The Labute approximate surface area is 85.4 Å². The van der Waals surface area contributed by atoms with Gasteiger partial charge >= 0.3 is 0 Å². The Morgan fingerprint density at radius 1 is 1.36 bits per heavy atom. The summed E-state index contributed by atoms with van der Waals surface area (Å²) < 4.78 is 0. The molecule has 1 saturated carbocycles. The number of hydrogen-bond donors (Lipinski definition) is 0. The predicted octanol–water partition coefficient (Wildman–Crippen LogP) is 3.19. The zero-order valence-electron chi connectivity index (χ0n) is 8.59. The van der Waals surface area contributed by atoms with Crippen molar-refractivity contribution < 1.29 is 0 Å². The fourth-order valence-electron chi connectivity index (χ4n) is 2.27. The molecule has 1 aromatic carbocycles. The minimum Gasteiger partial charge on any atom is -0.197 e. The quantitative estimate of drug-likeness (QED) is 0.694. The van der Waals surface area contributed by atoms with E-state index in [9.17, 15) is 5.26 Å². The molecule has 1 nitrogen and oxygen atoms in total. The van der Waals surface area contributed by atoms with Gasteiger partial charge in [-0.2, -0.15) is 5.26 Å². The van der Waals surface area contributed by atoms with Crippen LogP contribution in [0.4, 0.5) is 0 Å². The highest BCUT2D eigenvalue weighted by molar-refractivity contribution is 5.41. The summed E-state index contributed by atoms with van der Waals surface area (Å²) in [5.41, 5.74) is 2.47. The van der Waals surface area contributed by atoms with Gasteiger partial charge in [0.05, 0.1) is 11.5 Å². The van der Waals surface area contributed by atoms with E-state index in [4.69, 9.17) is 0 Å². The highest BCUT2D eigenvalue weighted by Crippen LogP contribution is 2.44. The first kappa shape index (κ1) is 9.27. The normalized spacial score (nSPS) is 18.3. The smallest absolute Gasteiger partial charge is 0.0825 e. The van der Waals surface area contributed by atoms with Crippen molar-refractivity contribution in [3.63, 3.8) is 0 Å². The van der Waals surface area contributed by atoms with E-state index in [0.717, 1.165) is 19.3 Å². The van der Waals surface area contributed by atoms with Crippen molar-refractivity contribution >= 4 is 0 Å². The van der Waals surface area contributed by atoms with Gasteiger partial charge in [-0.15, -0.1) is 0 Å². The summed E-state index contributed by atoms with van der Waals surface area (Å²) in [6, 6.07) is 10.9. The van der Waals surface area contributed by atoms with E-state index in [1.54, 1.807) is 0 Å². The van der Waals surface area contributed by atoms with Gasteiger partial charge in [-0.1, -0.05) is 31.2 Å². The van der Waals surface area contributed by atoms with Gasteiger partial charge in [-0.05, 0) is 36.8 Å². The zero-order chi connectivity index (χ0) is 10.0. The van der Waals surface area contributed by atoms with E-state index in [1.807, 2.05) is 6.07 Å². The van der Waals surface area contributed by atoms with Crippen LogP contribution in [0, 0.1) is 11.3 Å². The summed E-state index contributed by atoms with van der Waals surface area (Å²) in [5.74, 6) is 0. The number of nitrogens with zero attached hydrogens (tertiary/aromatic N) is 1. The van der Waals surface area contributed by atoms with Gasteiger partial charge in [-0.25, -0.2) is 0 Å². The average Bonchev–Trinajstić information content (AvgIpc) is 2.18. The molecule has 0 aromatic heterocycles. The Hall–Kier alpha value is -1.29. The maximum atomic E-state index is 9.26. The first-order valence-electron chi connectivity index (χ1n) is 5.32. The molecule has 1 aliphatic rings. The topological polar surface area (TPSA) is 23.8 Å². The number of aryl methyl sites for hydroxylation is 1. The molecule has 72 valence electrons. The van der Waals surface area contributed by atoms with Crippen LogP contribution in [0.15, 0.2) is 24.3 Å². The fourth-order valence-corrected chi connectivity index (χ4v) is 2.27. The number of benzene rings is 1. The molecule has 0 aliphatic heterocycles. The minimum absolute atomic E-state index is 0.146. The van der Waals surface area contributed by atoms with Crippen LogP contribution >= 0.6 is 0 Å². The van der Waals surface area contributed by atoms with E-state index in [2.05, 4.69) is 31.2 Å². The highest BCUT2D eigenvalue weighted by atomic mass is 14.4. The maximum absolute atomic E-state index is 9.26. The second kappa shape index (κ2) is 3.46. The summed E-state index contributed by atoms with van der Waals surface area (Å²) in [6.45, 7) is 2.16. The first-order chi connectivity index (χ1) is 6.82. The average molecular weight is 185 g/mol. The van der Waals surface area contributed by atoms with Crippen molar-refractivity contribution in [2.45, 2.75) is 38.0 Å². The molecule has 1 heteroatoms. The Kier molecular flexibility index (Phi) is 2.29. The van der Waals surface area contributed by atoms with Crippen molar-refractivity contribution in [1.82, 2.24) is 0 Å². The second-order valence-electron chi connectivity index (χ2n) is 4.06. The van der Waals surface area contributed by atoms with Crippen molar-refractivity contribution in [2.24, 2.45) is 0 Å². The van der Waals surface area contributed by atoms with Gasteiger partial charge in [0.1, 0.15) is 0 Å². The van der Waals surface area contributed by atoms with Gasteiger partial charge in [-0.3, -0.25) is 0 Å². The lowest BCUT2D eigenvalue weighted by atomic mass is 9.64. The molecular weight excluding hydrogens is 170 g/mol. The molecule has 0 atom stereocenters. The molecule has 0 spiro atoms. The van der Waals surface area contributed by atoms with Gasteiger partial charge in [0.25, 0.3) is 0 Å². The molecule has 2 rings (SSSR count). The first-order valence-corrected chi connectivity index (χ1v) is 5.32. The molecule has 1 aromatic rings. The van der Waals surface area contributed by atoms with E-state index >= 15 is 0 Å². The largest absolute Gasteiger partial charge is 0.197 e. The molecular formula is C13H15N. The lowest BCUT2D eigenvalue weighted by Gasteiger charge is -2.37. The summed E-state index contributed by atoms with van der Waals surface area (Å²) in [5, 5.41) is 9.26. The summed E-state index contributed by atoms with van der Waals surface area (Å²) in [7, 11) is 0. The van der Waals surface area contributed by atoms with Crippen LogP contribution in [0.1, 0.15) is 37.3 Å². The Morgan fingerprint density at radius 2 is 2.07 bits per heavy atom. The standard InChI is InChI=1S/C13H15N/c1-2-11-6-3-4-7-12(11)13(10-14)8-5-9-13/h3-4,6-7H,2,5,8-9H2,1H3. The van der Waals surface area contributed by atoms with Crippen LogP contribution in [0.25, 0.3) is 0 Å². The molecule has 0 radical (unpaired) electrons. The molecule has 0 unspecified atom stereocenters. The predicted molar refractivity (Wildman–Crippen MR) is 57.0 cm³/mol. The molecule has 0 heterocycles. The van der Waals surface area contributed by atoms with Crippen LogP contribution in [0.5, 0.6) is 0 Å². The van der Waals surface area contributed by atoms with E-state index in [-0.39, 0.29) is 5.41 Å². The molecule has 1 fully saturated rings. The van der Waals surface area contributed by atoms with Crippen LogP contribution < -0.4 is 0 Å². The number of hydrogen-bond acceptors (Lipinski definition) is 1. The van der Waals surface area contributed by atoms with Crippen LogP contribution in [0.2, 0.25) is 0 Å². The summed E-state index contributed by atoms with van der Waals surface area (Å²) >= 11 is 0. The maximum Gasteiger partial charge on any atom is 0.0825 e. The molecule has 0 amide bonds. The second-order valence-corrected chi connectivity index (χ2v) is 4.06. The lowest BCUT2D eigenvalue weighted by Crippen LogP contribution is -2.33. The minimum atomic E-state index is -0.146. The summed E-state index contributed by atoms with van der Waals surface area (Å²) in [6.07, 6.45) is 4.31. The van der Waals surface area contributed by atoms with E-state index in [0.29, 0.717) is 0 Å². The van der Waals surface area contributed by atoms with Crippen molar-refractivity contribution in [3.8, 4) is 6.07 Å². The summed E-state index contributed by atoms with van der Waals surface area (Å²) in [4.78, 5) is 0. The van der Waals surface area contributed by atoms with Crippen LogP contribution in [-0.4, -0.2) is 0 Å². The van der Waals surface area contributed by atoms with Gasteiger partial charge in [0, 0.05) is 0 Å². The van der Waals surface area contributed by atoms with Crippen LogP contribution in [0.3, 0.4) is 0 Å². The number of nitriles is 1. The highest BCUT2D eigenvalue weighted by Gasteiger charge is 2.39. The van der Waals surface area contributed by atoms with Gasteiger partial charge < -0.3 is 0 Å². The van der Waals surface area contributed by atoms with Gasteiger partial charge in [0.15, 0.2) is 0 Å². The fraction of sp³-hybridized carbons (Fsp3) is 0.462. The monoisotopic (exact) mass is 185 g/mol. The van der Waals surface area contributed by atoms with Crippen molar-refractivity contribution in [1.29, 1.82) is 5.26 Å². The molecule has 0 bridgehead atoms. The Bertz CT molecular complexity index is 369. The molecule has 1 aliphatic carbocycles. The Morgan fingerprint density at radius 3 is 2.57 bits per heavy atom. The third-order valence-corrected chi connectivity index (χ3v) is 3.33. The Balaban J connectivity index is 2.45. The van der Waals surface area contributed by atoms with Gasteiger partial charge in [0.2, 0.25) is 0 Å².